The number of aromatic hydroxyl groups is 1. The zero-order chi connectivity index (χ0) is 13.1. The van der Waals surface area contributed by atoms with Crippen LogP contribution in [0, 0.1) is 20.8 Å². The lowest BCUT2D eigenvalue weighted by Crippen LogP contribution is -1.92. The van der Waals surface area contributed by atoms with E-state index in [-0.39, 0.29) is 0 Å². The Bertz CT molecular complexity index is 538. The Morgan fingerprint density at radius 1 is 1.00 bits per heavy atom. The van der Waals surface area contributed by atoms with Crippen molar-refractivity contribution in [2.45, 2.75) is 31.4 Å². The molecule has 0 radical (unpaired) electrons. The lowest BCUT2D eigenvalue weighted by Gasteiger charge is -2.11. The predicted molar refractivity (Wildman–Crippen MR) is 78.3 cm³/mol. The summed E-state index contributed by atoms with van der Waals surface area (Å²) in [6.45, 7) is 6.46. The molecule has 2 aromatic carbocycles. The molecule has 1 N–H and O–H groups in total. The van der Waals surface area contributed by atoms with Gasteiger partial charge in [-0.15, -0.1) is 11.8 Å². The third kappa shape index (κ3) is 3.08. The number of benzene rings is 2. The molecule has 0 aliphatic rings. The highest BCUT2D eigenvalue weighted by atomic mass is 32.2. The van der Waals surface area contributed by atoms with E-state index in [4.69, 9.17) is 0 Å². The summed E-state index contributed by atoms with van der Waals surface area (Å²) in [6.07, 6.45) is 0. The first-order chi connectivity index (χ1) is 8.56. The Balaban J connectivity index is 2.16. The van der Waals surface area contributed by atoms with Crippen LogP contribution in [0.1, 0.15) is 22.3 Å². The first-order valence-electron chi connectivity index (χ1n) is 6.05. The number of thioether (sulfide) groups is 1. The van der Waals surface area contributed by atoms with Crippen LogP contribution in [-0.2, 0) is 5.75 Å². The third-order valence-corrected chi connectivity index (χ3v) is 4.06. The Morgan fingerprint density at radius 3 is 2.28 bits per heavy atom. The van der Waals surface area contributed by atoms with Gasteiger partial charge in [-0.05, 0) is 55.7 Å². The Kier molecular flexibility index (Phi) is 3.97. The number of hydrogen-bond donors (Lipinski definition) is 1. The van der Waals surface area contributed by atoms with Crippen molar-refractivity contribution in [1.29, 1.82) is 0 Å². The van der Waals surface area contributed by atoms with Gasteiger partial charge in [-0.3, -0.25) is 0 Å². The first kappa shape index (κ1) is 13.0. The summed E-state index contributed by atoms with van der Waals surface area (Å²) in [7, 11) is 0. The van der Waals surface area contributed by atoms with Crippen molar-refractivity contribution in [2.75, 3.05) is 0 Å². The van der Waals surface area contributed by atoms with Crippen molar-refractivity contribution in [3.8, 4) is 5.75 Å². The number of aryl methyl sites for hydroxylation is 3. The van der Waals surface area contributed by atoms with Crippen LogP contribution in [0.4, 0.5) is 0 Å². The molecule has 0 aliphatic heterocycles. The molecule has 0 atom stereocenters. The van der Waals surface area contributed by atoms with Crippen molar-refractivity contribution < 1.29 is 5.11 Å². The second-order valence-electron chi connectivity index (χ2n) is 4.66. The second-order valence-corrected chi connectivity index (χ2v) is 5.71. The molecule has 0 amide bonds. The van der Waals surface area contributed by atoms with E-state index < -0.39 is 0 Å². The van der Waals surface area contributed by atoms with E-state index in [0.717, 1.165) is 10.6 Å². The number of phenolic OH excluding ortho intramolecular Hbond substituents is 1. The topological polar surface area (TPSA) is 20.2 Å². The summed E-state index contributed by atoms with van der Waals surface area (Å²) in [5.74, 6) is 1.28. The predicted octanol–water partition coefficient (Wildman–Crippen LogP) is 4.61. The van der Waals surface area contributed by atoms with Crippen LogP contribution in [0.3, 0.4) is 0 Å². The molecule has 0 aliphatic carbocycles. The number of hydrogen-bond acceptors (Lipinski definition) is 2. The molecule has 0 aromatic heterocycles. The zero-order valence-corrected chi connectivity index (χ0v) is 11.8. The Morgan fingerprint density at radius 2 is 1.67 bits per heavy atom. The van der Waals surface area contributed by atoms with Gasteiger partial charge in [0.2, 0.25) is 0 Å². The van der Waals surface area contributed by atoms with E-state index in [1.807, 2.05) is 18.2 Å². The van der Waals surface area contributed by atoms with Gasteiger partial charge < -0.3 is 5.11 Å². The van der Waals surface area contributed by atoms with Crippen LogP contribution in [0.5, 0.6) is 5.75 Å². The second kappa shape index (κ2) is 5.49. The van der Waals surface area contributed by atoms with Gasteiger partial charge in [0.15, 0.2) is 0 Å². The number of phenols is 1. The normalized spacial score (nSPS) is 10.6. The fraction of sp³-hybridized carbons (Fsp3) is 0.250. The summed E-state index contributed by atoms with van der Waals surface area (Å²) in [5.41, 5.74) is 5.41. The van der Waals surface area contributed by atoms with Gasteiger partial charge in [-0.25, -0.2) is 0 Å². The standard InChI is InChI=1S/C16H18OS/c1-11-7-12(2)16(13(3)8-11)10-18-15-6-4-5-14(17)9-15/h4-9,17H,10H2,1-3H3. The number of rotatable bonds is 3. The average Bonchev–Trinajstić information content (AvgIpc) is 2.27. The van der Waals surface area contributed by atoms with E-state index in [1.165, 1.54) is 22.3 Å². The molecule has 0 spiro atoms. The molecule has 1 nitrogen and oxygen atoms in total. The van der Waals surface area contributed by atoms with Crippen molar-refractivity contribution in [1.82, 2.24) is 0 Å². The smallest absolute Gasteiger partial charge is 0.116 e. The van der Waals surface area contributed by atoms with Crippen LogP contribution < -0.4 is 0 Å². The summed E-state index contributed by atoms with van der Waals surface area (Å²) in [5, 5.41) is 9.44. The van der Waals surface area contributed by atoms with Crippen molar-refractivity contribution in [3.05, 3.63) is 58.7 Å². The highest BCUT2D eigenvalue weighted by Crippen LogP contribution is 2.28. The van der Waals surface area contributed by atoms with Gasteiger partial charge in [0.25, 0.3) is 0 Å². The summed E-state index contributed by atoms with van der Waals surface area (Å²) < 4.78 is 0. The van der Waals surface area contributed by atoms with Gasteiger partial charge in [0, 0.05) is 10.6 Å². The maximum absolute atomic E-state index is 9.44. The summed E-state index contributed by atoms with van der Waals surface area (Å²) >= 11 is 1.76. The molecule has 2 heteroatoms. The van der Waals surface area contributed by atoms with E-state index >= 15 is 0 Å². The molecular weight excluding hydrogens is 240 g/mol. The molecule has 0 heterocycles. The molecule has 0 saturated carbocycles. The van der Waals surface area contributed by atoms with Crippen LogP contribution in [0.25, 0.3) is 0 Å². The monoisotopic (exact) mass is 258 g/mol. The molecule has 18 heavy (non-hydrogen) atoms. The van der Waals surface area contributed by atoms with Crippen LogP contribution in [0.15, 0.2) is 41.3 Å². The third-order valence-electron chi connectivity index (χ3n) is 3.04. The van der Waals surface area contributed by atoms with Crippen molar-refractivity contribution in [3.63, 3.8) is 0 Å². The van der Waals surface area contributed by atoms with Crippen molar-refractivity contribution in [2.24, 2.45) is 0 Å². The molecule has 2 aromatic rings. The minimum atomic E-state index is 0.331. The zero-order valence-electron chi connectivity index (χ0n) is 11.0. The molecule has 0 bridgehead atoms. The molecule has 2 rings (SSSR count). The van der Waals surface area contributed by atoms with E-state index in [9.17, 15) is 5.11 Å². The lowest BCUT2D eigenvalue weighted by molar-refractivity contribution is 0.474. The Labute approximate surface area is 113 Å². The van der Waals surface area contributed by atoms with Gasteiger partial charge in [0.1, 0.15) is 5.75 Å². The summed E-state index contributed by atoms with van der Waals surface area (Å²) in [6, 6.07) is 11.9. The van der Waals surface area contributed by atoms with Crippen molar-refractivity contribution >= 4 is 11.8 Å². The first-order valence-corrected chi connectivity index (χ1v) is 7.03. The fourth-order valence-electron chi connectivity index (χ4n) is 2.17. The highest BCUT2D eigenvalue weighted by Gasteiger charge is 2.05. The van der Waals surface area contributed by atoms with Crippen LogP contribution in [-0.4, -0.2) is 5.11 Å². The minimum absolute atomic E-state index is 0.331. The van der Waals surface area contributed by atoms with Gasteiger partial charge in [-0.1, -0.05) is 23.8 Å². The molecular formula is C16H18OS. The maximum Gasteiger partial charge on any atom is 0.116 e. The quantitative estimate of drug-likeness (QED) is 0.811. The SMILES string of the molecule is Cc1cc(C)c(CSc2cccc(O)c2)c(C)c1. The van der Waals surface area contributed by atoms with Crippen LogP contribution >= 0.6 is 11.8 Å². The molecule has 94 valence electrons. The van der Waals surface area contributed by atoms with E-state index in [2.05, 4.69) is 32.9 Å². The lowest BCUT2D eigenvalue weighted by atomic mass is 10.0. The van der Waals surface area contributed by atoms with Gasteiger partial charge >= 0.3 is 0 Å². The molecule has 0 unspecified atom stereocenters. The highest BCUT2D eigenvalue weighted by molar-refractivity contribution is 7.98. The molecule has 0 fully saturated rings. The van der Waals surface area contributed by atoms with E-state index in [0.29, 0.717) is 5.75 Å². The molecule has 0 saturated heterocycles. The maximum atomic E-state index is 9.44. The summed E-state index contributed by atoms with van der Waals surface area (Å²) in [4.78, 5) is 1.11. The van der Waals surface area contributed by atoms with Crippen LogP contribution in [0.2, 0.25) is 0 Å². The Hall–Kier alpha value is -1.41. The fourth-order valence-corrected chi connectivity index (χ4v) is 3.31. The minimum Gasteiger partial charge on any atom is -0.508 e. The van der Waals surface area contributed by atoms with Gasteiger partial charge in [-0.2, -0.15) is 0 Å². The van der Waals surface area contributed by atoms with E-state index in [1.54, 1.807) is 17.8 Å². The van der Waals surface area contributed by atoms with Gasteiger partial charge in [0.05, 0.1) is 0 Å². The largest absolute Gasteiger partial charge is 0.508 e. The average molecular weight is 258 g/mol.